The van der Waals surface area contributed by atoms with Crippen molar-refractivity contribution >= 4 is 17.6 Å². The Balaban J connectivity index is 1.51. The average molecular weight is 372 g/mol. The number of benzene rings is 2. The summed E-state index contributed by atoms with van der Waals surface area (Å²) in [5, 5.41) is 3.74. The molecule has 0 spiro atoms. The lowest BCUT2D eigenvalue weighted by Gasteiger charge is -2.28. The Bertz CT molecular complexity index is 705. The van der Waals surface area contributed by atoms with E-state index in [1.54, 1.807) is 0 Å². The molecule has 1 N–H and O–H groups in total. The number of carbonyl (C=O) groups is 1. The van der Waals surface area contributed by atoms with E-state index >= 15 is 0 Å². The predicted octanol–water partition coefficient (Wildman–Crippen LogP) is 4.15. The largest absolute Gasteiger partial charge is 0.334 e. The van der Waals surface area contributed by atoms with Gasteiger partial charge in [0, 0.05) is 43.8 Å². The number of likely N-dealkylation sites (N-methyl/N-ethyl adjacent to an activating group) is 1. The van der Waals surface area contributed by atoms with Gasteiger partial charge in [0.2, 0.25) is 0 Å². The fraction of sp³-hybridized carbons (Fsp3) is 0.381. The topological polar surface area (TPSA) is 35.6 Å². The number of nitrogens with zero attached hydrogens (tertiary/aromatic N) is 2. The summed E-state index contributed by atoms with van der Waals surface area (Å²) in [7, 11) is 0. The Morgan fingerprint density at radius 2 is 1.88 bits per heavy atom. The number of urea groups is 1. The van der Waals surface area contributed by atoms with Crippen LogP contribution in [0.4, 0.5) is 4.79 Å². The molecule has 1 unspecified atom stereocenters. The summed E-state index contributed by atoms with van der Waals surface area (Å²) in [6.07, 6.45) is 1.02. The molecule has 1 aliphatic heterocycles. The van der Waals surface area contributed by atoms with Gasteiger partial charge in [-0.1, -0.05) is 54.1 Å². The number of halogens is 1. The minimum Gasteiger partial charge on any atom is -0.334 e. The first-order valence-corrected chi connectivity index (χ1v) is 9.58. The monoisotopic (exact) mass is 371 g/mol. The van der Waals surface area contributed by atoms with Crippen LogP contribution < -0.4 is 5.32 Å². The number of hydrogen-bond donors (Lipinski definition) is 1. The lowest BCUT2D eigenvalue weighted by molar-refractivity contribution is 0.176. The lowest BCUT2D eigenvalue weighted by atomic mass is 10.2. The highest BCUT2D eigenvalue weighted by molar-refractivity contribution is 6.30. The molecule has 1 heterocycles. The van der Waals surface area contributed by atoms with Gasteiger partial charge in [-0.05, 0) is 36.6 Å². The van der Waals surface area contributed by atoms with Crippen LogP contribution in [0.2, 0.25) is 5.02 Å². The highest BCUT2D eigenvalue weighted by atomic mass is 35.5. The van der Waals surface area contributed by atoms with Crippen LogP contribution in [0.3, 0.4) is 0 Å². The highest BCUT2D eigenvalue weighted by Gasteiger charge is 2.29. The van der Waals surface area contributed by atoms with E-state index in [4.69, 9.17) is 11.6 Å². The first-order chi connectivity index (χ1) is 12.7. The zero-order chi connectivity index (χ0) is 18.4. The standard InChI is InChI=1S/C21H26ClN3O/c1-2-25(21(26)23-14-17-8-10-19(22)11-9-17)20-12-13-24(16-20)15-18-6-4-3-5-7-18/h3-11,20H,2,12-16H2,1H3,(H,23,26). The van der Waals surface area contributed by atoms with Crippen molar-refractivity contribution in [2.24, 2.45) is 0 Å². The van der Waals surface area contributed by atoms with E-state index in [0.717, 1.165) is 38.2 Å². The zero-order valence-electron chi connectivity index (χ0n) is 15.2. The van der Waals surface area contributed by atoms with Gasteiger partial charge in [-0.3, -0.25) is 4.90 Å². The maximum absolute atomic E-state index is 12.6. The number of carbonyl (C=O) groups excluding carboxylic acids is 1. The van der Waals surface area contributed by atoms with Gasteiger partial charge in [0.15, 0.2) is 0 Å². The van der Waals surface area contributed by atoms with E-state index in [1.807, 2.05) is 42.2 Å². The third kappa shape index (κ3) is 4.99. The van der Waals surface area contributed by atoms with Crippen LogP contribution in [0.15, 0.2) is 54.6 Å². The fourth-order valence-corrected chi connectivity index (χ4v) is 3.63. The molecule has 0 aromatic heterocycles. The first kappa shape index (κ1) is 18.7. The molecule has 1 aliphatic rings. The molecule has 1 atom stereocenters. The molecule has 0 radical (unpaired) electrons. The molecule has 0 aliphatic carbocycles. The molecule has 4 nitrogen and oxygen atoms in total. The van der Waals surface area contributed by atoms with Crippen molar-refractivity contribution in [3.63, 3.8) is 0 Å². The first-order valence-electron chi connectivity index (χ1n) is 9.21. The molecule has 1 fully saturated rings. The van der Waals surface area contributed by atoms with Crippen molar-refractivity contribution in [2.75, 3.05) is 19.6 Å². The fourth-order valence-electron chi connectivity index (χ4n) is 3.50. The summed E-state index contributed by atoms with van der Waals surface area (Å²) in [4.78, 5) is 17.0. The summed E-state index contributed by atoms with van der Waals surface area (Å²) in [5.41, 5.74) is 2.37. The van der Waals surface area contributed by atoms with E-state index in [-0.39, 0.29) is 12.1 Å². The minimum atomic E-state index is 0.00834. The van der Waals surface area contributed by atoms with Crippen molar-refractivity contribution in [1.82, 2.24) is 15.1 Å². The Kier molecular flexibility index (Phi) is 6.53. The molecular formula is C21H26ClN3O. The molecular weight excluding hydrogens is 346 g/mol. The second kappa shape index (κ2) is 9.06. The number of rotatable bonds is 6. The van der Waals surface area contributed by atoms with Gasteiger partial charge < -0.3 is 10.2 Å². The van der Waals surface area contributed by atoms with Crippen LogP contribution in [0.1, 0.15) is 24.5 Å². The molecule has 5 heteroatoms. The molecule has 3 rings (SSSR count). The number of amides is 2. The Labute approximate surface area is 160 Å². The smallest absolute Gasteiger partial charge is 0.317 e. The van der Waals surface area contributed by atoms with Gasteiger partial charge >= 0.3 is 6.03 Å². The Morgan fingerprint density at radius 1 is 1.15 bits per heavy atom. The van der Waals surface area contributed by atoms with Gasteiger partial charge in [0.25, 0.3) is 0 Å². The maximum atomic E-state index is 12.6. The van der Waals surface area contributed by atoms with E-state index in [9.17, 15) is 4.79 Å². The summed E-state index contributed by atoms with van der Waals surface area (Å²) in [6.45, 7) is 6.18. The van der Waals surface area contributed by atoms with Gasteiger partial charge in [-0.2, -0.15) is 0 Å². The third-order valence-corrected chi connectivity index (χ3v) is 5.15. The minimum absolute atomic E-state index is 0.00834. The molecule has 26 heavy (non-hydrogen) atoms. The summed E-state index contributed by atoms with van der Waals surface area (Å²) < 4.78 is 0. The van der Waals surface area contributed by atoms with Crippen LogP contribution in [0.5, 0.6) is 0 Å². The van der Waals surface area contributed by atoms with Crippen LogP contribution >= 0.6 is 11.6 Å². The zero-order valence-corrected chi connectivity index (χ0v) is 16.0. The van der Waals surface area contributed by atoms with Gasteiger partial charge in [0.05, 0.1) is 0 Å². The van der Waals surface area contributed by atoms with Crippen molar-refractivity contribution < 1.29 is 4.79 Å². The highest BCUT2D eigenvalue weighted by Crippen LogP contribution is 2.18. The summed E-state index contributed by atoms with van der Waals surface area (Å²) >= 11 is 5.90. The Hall–Kier alpha value is -2.04. The van der Waals surface area contributed by atoms with Crippen LogP contribution in [0, 0.1) is 0 Å². The van der Waals surface area contributed by atoms with Gasteiger partial charge in [-0.25, -0.2) is 4.79 Å². The molecule has 2 aromatic rings. The van der Waals surface area contributed by atoms with Crippen molar-refractivity contribution in [3.05, 3.63) is 70.7 Å². The van der Waals surface area contributed by atoms with E-state index in [2.05, 4.69) is 34.5 Å². The SMILES string of the molecule is CCN(C(=O)NCc1ccc(Cl)cc1)C1CCN(Cc2ccccc2)C1. The van der Waals surface area contributed by atoms with E-state index in [1.165, 1.54) is 5.56 Å². The van der Waals surface area contributed by atoms with Crippen LogP contribution in [-0.2, 0) is 13.1 Å². The normalized spacial score (nSPS) is 17.2. The predicted molar refractivity (Wildman–Crippen MR) is 106 cm³/mol. The average Bonchev–Trinajstić information content (AvgIpc) is 3.11. The molecule has 1 saturated heterocycles. The summed E-state index contributed by atoms with van der Waals surface area (Å²) in [6, 6.07) is 18.4. The molecule has 138 valence electrons. The third-order valence-electron chi connectivity index (χ3n) is 4.90. The summed E-state index contributed by atoms with van der Waals surface area (Å²) in [5.74, 6) is 0. The van der Waals surface area contributed by atoms with Crippen LogP contribution in [0.25, 0.3) is 0 Å². The molecule has 0 saturated carbocycles. The number of hydrogen-bond acceptors (Lipinski definition) is 2. The second-order valence-corrected chi connectivity index (χ2v) is 7.17. The van der Waals surface area contributed by atoms with Gasteiger partial charge in [0.1, 0.15) is 0 Å². The van der Waals surface area contributed by atoms with Crippen molar-refractivity contribution in [3.8, 4) is 0 Å². The van der Waals surface area contributed by atoms with Crippen LogP contribution in [-0.4, -0.2) is 41.5 Å². The molecule has 0 bridgehead atoms. The lowest BCUT2D eigenvalue weighted by Crippen LogP contribution is -2.46. The number of likely N-dealkylation sites (tertiary alicyclic amines) is 1. The second-order valence-electron chi connectivity index (χ2n) is 6.73. The number of nitrogens with one attached hydrogen (secondary N) is 1. The quantitative estimate of drug-likeness (QED) is 0.828. The maximum Gasteiger partial charge on any atom is 0.317 e. The molecule has 2 aromatic carbocycles. The van der Waals surface area contributed by atoms with Crippen molar-refractivity contribution in [2.45, 2.75) is 32.5 Å². The molecule has 2 amide bonds. The van der Waals surface area contributed by atoms with E-state index < -0.39 is 0 Å². The van der Waals surface area contributed by atoms with Gasteiger partial charge in [-0.15, -0.1) is 0 Å². The van der Waals surface area contributed by atoms with E-state index in [0.29, 0.717) is 11.6 Å². The Morgan fingerprint density at radius 3 is 2.58 bits per heavy atom. The van der Waals surface area contributed by atoms with Crippen molar-refractivity contribution in [1.29, 1.82) is 0 Å².